The quantitative estimate of drug-likeness (QED) is 0.197. The second-order valence-electron chi connectivity index (χ2n) is 13.0. The molecular weight excluding hydrogens is 568 g/mol. The Labute approximate surface area is 250 Å². The van der Waals surface area contributed by atoms with Crippen molar-refractivity contribution in [3.05, 3.63) is 11.1 Å². The Hall–Kier alpha value is -3.03. The Morgan fingerprint density at radius 3 is 1.74 bits per heavy atom. The summed E-state index contributed by atoms with van der Waals surface area (Å²) in [5.41, 5.74) is -5.72. The minimum absolute atomic E-state index is 0.00762. The van der Waals surface area contributed by atoms with Crippen LogP contribution in [0.3, 0.4) is 0 Å². The maximum atomic E-state index is 12.9. The average Bonchev–Trinajstić information content (AvgIpc) is 3.63. The fourth-order valence-electron chi connectivity index (χ4n) is 8.07. The van der Waals surface area contributed by atoms with E-state index in [4.69, 9.17) is 28.4 Å². The van der Waals surface area contributed by atoms with Gasteiger partial charge in [-0.25, -0.2) is 0 Å². The maximum Gasteiger partial charge on any atom is 0.303 e. The molecule has 10 atom stereocenters. The standard InChI is InChI=1S/C30H42O13/c1-13-19(39-14(2)31)11-30(37)26(43-18(6)35)24-28(9,20(36)10-21(40-15(3)32)29(24)12-38-29)25(42-17(5)34)23(41-16(4)33)22(13)27(30,7)8/h19-21,23-26,36-37H,10-12H2,1-9H3/t19?,20?,21?,23?,24-,25?,26?,28+,29-,30+/m0/s1. The molecule has 1 saturated heterocycles. The van der Waals surface area contributed by atoms with Gasteiger partial charge < -0.3 is 38.6 Å². The van der Waals surface area contributed by atoms with Crippen LogP contribution in [0.25, 0.3) is 0 Å². The van der Waals surface area contributed by atoms with Crippen molar-refractivity contribution >= 4 is 29.8 Å². The predicted octanol–water partition coefficient (Wildman–Crippen LogP) is 1.29. The minimum Gasteiger partial charge on any atom is -0.459 e. The first kappa shape index (κ1) is 32.9. The molecule has 4 aliphatic rings. The number of rotatable bonds is 5. The lowest BCUT2D eigenvalue weighted by Crippen LogP contribution is -2.76. The van der Waals surface area contributed by atoms with Crippen LogP contribution < -0.4 is 0 Å². The van der Waals surface area contributed by atoms with Crippen molar-refractivity contribution in [2.45, 2.75) is 123 Å². The summed E-state index contributed by atoms with van der Waals surface area (Å²) in [5.74, 6) is -4.76. The van der Waals surface area contributed by atoms with Gasteiger partial charge in [0.05, 0.1) is 12.7 Å². The van der Waals surface area contributed by atoms with Crippen LogP contribution >= 0.6 is 0 Å². The van der Waals surface area contributed by atoms with Crippen LogP contribution in [0.1, 0.15) is 75.2 Å². The lowest BCUT2D eigenvalue weighted by molar-refractivity contribution is -0.283. The molecule has 13 heteroatoms. The third kappa shape index (κ3) is 5.12. The molecule has 0 amide bonds. The summed E-state index contributed by atoms with van der Waals surface area (Å²) in [4.78, 5) is 62.6. The molecular formula is C30H42O13. The van der Waals surface area contributed by atoms with Crippen molar-refractivity contribution < 1.29 is 62.6 Å². The zero-order chi connectivity index (χ0) is 32.4. The second-order valence-corrected chi connectivity index (χ2v) is 13.0. The van der Waals surface area contributed by atoms with E-state index in [1.165, 1.54) is 20.8 Å². The highest BCUT2D eigenvalue weighted by Gasteiger charge is 2.79. The molecule has 1 aliphatic heterocycles. The normalized spacial score (nSPS) is 41.1. The van der Waals surface area contributed by atoms with Gasteiger partial charge in [0.1, 0.15) is 29.5 Å². The van der Waals surface area contributed by atoms with Crippen LogP contribution in [-0.4, -0.2) is 94.5 Å². The smallest absolute Gasteiger partial charge is 0.303 e. The summed E-state index contributed by atoms with van der Waals surface area (Å²) in [6.07, 6.45) is -8.19. The Balaban J connectivity index is 2.15. The topological polar surface area (TPSA) is 184 Å². The summed E-state index contributed by atoms with van der Waals surface area (Å²) < 4.78 is 35.2. The molecule has 4 rings (SSSR count). The molecule has 2 bridgehead atoms. The molecule has 0 aromatic heterocycles. The molecule has 0 radical (unpaired) electrons. The third-order valence-corrected chi connectivity index (χ3v) is 9.98. The number of epoxide rings is 1. The number of fused-ring (bicyclic) bond motifs is 4. The van der Waals surface area contributed by atoms with Crippen LogP contribution in [0.15, 0.2) is 11.1 Å². The van der Waals surface area contributed by atoms with Gasteiger partial charge in [-0.3, -0.25) is 24.0 Å². The molecule has 1 spiro atoms. The third-order valence-electron chi connectivity index (χ3n) is 9.98. The monoisotopic (exact) mass is 610 g/mol. The van der Waals surface area contributed by atoms with Crippen LogP contribution in [0.5, 0.6) is 0 Å². The van der Waals surface area contributed by atoms with E-state index in [1.54, 1.807) is 27.7 Å². The number of ether oxygens (including phenoxy) is 6. The fraction of sp³-hybridized carbons (Fsp3) is 0.767. The maximum absolute atomic E-state index is 12.9. The van der Waals surface area contributed by atoms with Crippen LogP contribution in [0, 0.1) is 16.7 Å². The molecule has 240 valence electrons. The van der Waals surface area contributed by atoms with Gasteiger partial charge in [0.15, 0.2) is 12.2 Å². The largest absolute Gasteiger partial charge is 0.459 e. The Morgan fingerprint density at radius 1 is 0.791 bits per heavy atom. The number of carbonyl (C=O) groups excluding carboxylic acids is 5. The molecule has 3 fully saturated rings. The summed E-state index contributed by atoms with van der Waals surface area (Å²) >= 11 is 0. The van der Waals surface area contributed by atoms with Gasteiger partial charge in [0.2, 0.25) is 0 Å². The highest BCUT2D eigenvalue weighted by atomic mass is 16.6. The average molecular weight is 611 g/mol. The minimum atomic E-state index is -2.05. The summed E-state index contributed by atoms with van der Waals surface area (Å²) in [6.45, 7) is 12.5. The van der Waals surface area contributed by atoms with E-state index in [2.05, 4.69) is 0 Å². The summed E-state index contributed by atoms with van der Waals surface area (Å²) in [5, 5.41) is 24.9. The molecule has 6 unspecified atom stereocenters. The molecule has 2 saturated carbocycles. The molecule has 1 heterocycles. The van der Waals surface area contributed by atoms with Crippen molar-refractivity contribution in [2.24, 2.45) is 16.7 Å². The Morgan fingerprint density at radius 2 is 1.28 bits per heavy atom. The second kappa shape index (κ2) is 10.8. The van der Waals surface area contributed by atoms with E-state index in [0.717, 1.165) is 13.8 Å². The van der Waals surface area contributed by atoms with E-state index in [-0.39, 0.29) is 25.0 Å². The molecule has 0 aromatic carbocycles. The van der Waals surface area contributed by atoms with Gasteiger partial charge in [-0.15, -0.1) is 0 Å². The number of esters is 5. The van der Waals surface area contributed by atoms with E-state index >= 15 is 0 Å². The van der Waals surface area contributed by atoms with Gasteiger partial charge in [0.25, 0.3) is 0 Å². The predicted molar refractivity (Wildman–Crippen MR) is 145 cm³/mol. The number of aliphatic hydroxyl groups excluding tert-OH is 1. The molecule has 43 heavy (non-hydrogen) atoms. The van der Waals surface area contributed by atoms with E-state index in [1.807, 2.05) is 0 Å². The highest BCUT2D eigenvalue weighted by molar-refractivity contribution is 5.70. The fourth-order valence-corrected chi connectivity index (χ4v) is 8.07. The van der Waals surface area contributed by atoms with Crippen molar-refractivity contribution in [3.63, 3.8) is 0 Å². The summed E-state index contributed by atoms with van der Waals surface area (Å²) in [6, 6.07) is 0. The summed E-state index contributed by atoms with van der Waals surface area (Å²) in [7, 11) is 0. The first-order chi connectivity index (χ1) is 19.7. The van der Waals surface area contributed by atoms with E-state index in [0.29, 0.717) is 5.57 Å². The Kier molecular flexibility index (Phi) is 8.29. The number of hydrogen-bond donors (Lipinski definition) is 2. The van der Waals surface area contributed by atoms with Gasteiger partial charge in [-0.1, -0.05) is 20.8 Å². The number of carbonyl (C=O) groups is 5. The van der Waals surface area contributed by atoms with Crippen molar-refractivity contribution in [1.29, 1.82) is 0 Å². The molecule has 3 aliphatic carbocycles. The lowest BCUT2D eigenvalue weighted by atomic mass is 9.45. The van der Waals surface area contributed by atoms with Crippen LogP contribution in [-0.2, 0) is 52.4 Å². The first-order valence-corrected chi connectivity index (χ1v) is 14.4. The van der Waals surface area contributed by atoms with Gasteiger partial charge in [-0.05, 0) is 18.1 Å². The van der Waals surface area contributed by atoms with Crippen molar-refractivity contribution in [2.75, 3.05) is 6.61 Å². The number of aliphatic hydroxyl groups is 2. The van der Waals surface area contributed by atoms with Gasteiger partial charge in [-0.2, -0.15) is 0 Å². The molecule has 13 nitrogen and oxygen atoms in total. The van der Waals surface area contributed by atoms with Gasteiger partial charge >= 0.3 is 29.8 Å². The zero-order valence-corrected chi connectivity index (χ0v) is 26.0. The van der Waals surface area contributed by atoms with Crippen molar-refractivity contribution in [3.8, 4) is 0 Å². The SMILES string of the molecule is CC(=O)OC1C[C@@]2(O)C(OC(C)=O)[C@H]3[C@@](C)(C(O)CC(OC(C)=O)[C@@]34CO4)C(OC(C)=O)C(OC(C)=O)C(=C1C)C2(C)C. The molecule has 2 N–H and O–H groups in total. The lowest BCUT2D eigenvalue weighted by Gasteiger charge is -2.64. The highest BCUT2D eigenvalue weighted by Crippen LogP contribution is 2.66. The Bertz CT molecular complexity index is 1250. The first-order valence-electron chi connectivity index (χ1n) is 14.4. The van der Waals surface area contributed by atoms with Crippen LogP contribution in [0.2, 0.25) is 0 Å². The van der Waals surface area contributed by atoms with Crippen molar-refractivity contribution in [1.82, 2.24) is 0 Å². The number of hydrogen-bond acceptors (Lipinski definition) is 13. The van der Waals surface area contributed by atoms with E-state index < -0.39 is 94.4 Å². The molecule has 0 aromatic rings. The zero-order valence-electron chi connectivity index (χ0n) is 26.0. The van der Waals surface area contributed by atoms with Gasteiger partial charge in [0, 0.05) is 64.2 Å². The van der Waals surface area contributed by atoms with E-state index in [9.17, 15) is 34.2 Å². The van der Waals surface area contributed by atoms with Crippen LogP contribution in [0.4, 0.5) is 0 Å².